The first-order chi connectivity index (χ1) is 14.7. The highest BCUT2D eigenvalue weighted by molar-refractivity contribution is 7.91. The number of hydrogen-bond acceptors (Lipinski definition) is 8. The fourth-order valence-corrected chi connectivity index (χ4v) is 7.39. The second kappa shape index (κ2) is 7.40. The van der Waals surface area contributed by atoms with Gasteiger partial charge in [0.1, 0.15) is 15.5 Å². The smallest absolute Gasteiger partial charge is 0.349 e. The SMILES string of the molecule is Cc1c(C(=O)OCC(=O)N(C2CC2)[C@@H]2CCS(=O)(=O)C2)sc2nc3n(c(=O)c12)CCC3. The average molecular weight is 466 g/mol. The minimum Gasteiger partial charge on any atom is -0.451 e. The van der Waals surface area contributed by atoms with Crippen molar-refractivity contribution in [2.75, 3.05) is 18.1 Å². The minimum absolute atomic E-state index is 0.0289. The van der Waals surface area contributed by atoms with Crippen LogP contribution < -0.4 is 5.56 Å². The number of carbonyl (C=O) groups excluding carboxylic acids is 2. The highest BCUT2D eigenvalue weighted by atomic mass is 32.2. The van der Waals surface area contributed by atoms with Crippen LogP contribution in [0.15, 0.2) is 4.79 Å². The summed E-state index contributed by atoms with van der Waals surface area (Å²) in [6.45, 7) is 1.89. The molecule has 2 aromatic heterocycles. The number of amides is 1. The highest BCUT2D eigenvalue weighted by Crippen LogP contribution is 2.33. The quantitative estimate of drug-likeness (QED) is 0.606. The van der Waals surface area contributed by atoms with Gasteiger partial charge in [-0.15, -0.1) is 11.3 Å². The molecule has 11 heteroatoms. The van der Waals surface area contributed by atoms with Crippen molar-refractivity contribution in [3.8, 4) is 0 Å². The van der Waals surface area contributed by atoms with E-state index >= 15 is 0 Å². The van der Waals surface area contributed by atoms with Crippen LogP contribution in [0.5, 0.6) is 0 Å². The van der Waals surface area contributed by atoms with Crippen molar-refractivity contribution in [1.82, 2.24) is 14.5 Å². The van der Waals surface area contributed by atoms with E-state index < -0.39 is 22.4 Å². The summed E-state index contributed by atoms with van der Waals surface area (Å²) in [4.78, 5) is 45.2. The Labute approximate surface area is 182 Å². The summed E-state index contributed by atoms with van der Waals surface area (Å²) in [5, 5.41) is 0.435. The third-order valence-electron chi connectivity index (χ3n) is 6.25. The number of ether oxygens (including phenoxy) is 1. The largest absolute Gasteiger partial charge is 0.451 e. The second-order valence-corrected chi connectivity index (χ2v) is 11.7. The van der Waals surface area contributed by atoms with Gasteiger partial charge in [0.25, 0.3) is 11.5 Å². The molecule has 0 N–H and O–H groups in total. The summed E-state index contributed by atoms with van der Waals surface area (Å²) in [7, 11) is -3.12. The van der Waals surface area contributed by atoms with Crippen molar-refractivity contribution < 1.29 is 22.7 Å². The topological polar surface area (TPSA) is 116 Å². The molecule has 1 amide bonds. The summed E-state index contributed by atoms with van der Waals surface area (Å²) in [6.07, 6.45) is 3.73. The van der Waals surface area contributed by atoms with E-state index in [1.807, 2.05) is 0 Å². The molecule has 9 nitrogen and oxygen atoms in total. The predicted octanol–water partition coefficient (Wildman–Crippen LogP) is 1.05. The number of hydrogen-bond donors (Lipinski definition) is 0. The Bertz CT molecular complexity index is 1260. The van der Waals surface area contributed by atoms with Crippen molar-refractivity contribution in [3.05, 3.63) is 26.6 Å². The van der Waals surface area contributed by atoms with E-state index in [0.29, 0.717) is 28.7 Å². The van der Waals surface area contributed by atoms with E-state index in [1.165, 1.54) is 0 Å². The van der Waals surface area contributed by atoms with Gasteiger partial charge in [-0.3, -0.25) is 14.2 Å². The minimum atomic E-state index is -3.12. The lowest BCUT2D eigenvalue weighted by molar-refractivity contribution is -0.137. The Morgan fingerprint density at radius 1 is 1.26 bits per heavy atom. The van der Waals surface area contributed by atoms with E-state index in [9.17, 15) is 22.8 Å². The number of sulfone groups is 1. The van der Waals surface area contributed by atoms with Crippen LogP contribution in [0.4, 0.5) is 0 Å². The zero-order valence-corrected chi connectivity index (χ0v) is 18.8. The molecule has 0 bridgehead atoms. The van der Waals surface area contributed by atoms with Crippen LogP contribution in [0.3, 0.4) is 0 Å². The van der Waals surface area contributed by atoms with E-state index in [2.05, 4.69) is 4.98 Å². The Kier molecular flexibility index (Phi) is 4.93. The number of nitrogens with zero attached hydrogens (tertiary/aromatic N) is 3. The van der Waals surface area contributed by atoms with Gasteiger partial charge >= 0.3 is 5.97 Å². The van der Waals surface area contributed by atoms with Crippen molar-refractivity contribution in [2.45, 2.75) is 57.7 Å². The standard InChI is InChI=1S/C20H23N3O6S2/c1-11-16-18(21-14-3-2-7-22(14)19(16)25)30-17(11)20(26)29-9-15(24)23(12-4-5-12)13-6-8-31(27,28)10-13/h12-13H,2-10H2,1H3/t13-/m1/s1. The predicted molar refractivity (Wildman–Crippen MR) is 114 cm³/mol. The van der Waals surface area contributed by atoms with Crippen LogP contribution in [0, 0.1) is 6.92 Å². The Morgan fingerprint density at radius 3 is 2.71 bits per heavy atom. The normalized spacial score (nSPS) is 21.9. The molecule has 1 atom stereocenters. The lowest BCUT2D eigenvalue weighted by atomic mass is 10.2. The lowest BCUT2D eigenvalue weighted by Crippen LogP contribution is -2.44. The molecule has 1 saturated carbocycles. The van der Waals surface area contributed by atoms with Crippen LogP contribution in [-0.4, -0.2) is 64.9 Å². The first-order valence-electron chi connectivity index (χ1n) is 10.5. The number of carbonyl (C=O) groups is 2. The van der Waals surface area contributed by atoms with Gasteiger partial charge in [-0.25, -0.2) is 18.2 Å². The molecule has 2 aromatic rings. The Morgan fingerprint density at radius 2 is 2.03 bits per heavy atom. The van der Waals surface area contributed by atoms with Crippen molar-refractivity contribution in [1.29, 1.82) is 0 Å². The van der Waals surface area contributed by atoms with Gasteiger partial charge in [0.15, 0.2) is 16.4 Å². The van der Waals surface area contributed by atoms with Crippen molar-refractivity contribution in [3.63, 3.8) is 0 Å². The number of rotatable bonds is 5. The molecule has 1 aliphatic carbocycles. The maximum absolute atomic E-state index is 12.8. The summed E-state index contributed by atoms with van der Waals surface area (Å²) in [5.74, 6) is -0.233. The van der Waals surface area contributed by atoms with Crippen LogP contribution in [0.25, 0.3) is 10.2 Å². The Balaban J connectivity index is 1.33. The maximum Gasteiger partial charge on any atom is 0.349 e. The molecular formula is C20H23N3O6S2. The first kappa shape index (κ1) is 20.6. The number of aromatic nitrogens is 2. The molecule has 2 fully saturated rings. The third-order valence-corrected chi connectivity index (χ3v) is 9.17. The number of thiophene rings is 1. The number of fused-ring (bicyclic) bond motifs is 2. The van der Waals surface area contributed by atoms with Gasteiger partial charge in [-0.1, -0.05) is 0 Å². The third kappa shape index (κ3) is 3.67. The average Bonchev–Trinajstić information content (AvgIpc) is 3.15. The summed E-state index contributed by atoms with van der Waals surface area (Å²) in [6, 6.07) is -0.316. The van der Waals surface area contributed by atoms with Gasteiger partial charge in [0.2, 0.25) is 0 Å². The number of aryl methyl sites for hydroxylation is 2. The summed E-state index contributed by atoms with van der Waals surface area (Å²) in [5.41, 5.74) is 0.391. The molecule has 1 saturated heterocycles. The Hall–Kier alpha value is -2.27. The molecule has 166 valence electrons. The number of esters is 1. The monoisotopic (exact) mass is 465 g/mol. The first-order valence-corrected chi connectivity index (χ1v) is 13.1. The van der Waals surface area contributed by atoms with Crippen molar-refractivity contribution in [2.24, 2.45) is 0 Å². The molecule has 3 aliphatic rings. The molecule has 5 rings (SSSR count). The molecule has 0 spiro atoms. The molecule has 4 heterocycles. The summed E-state index contributed by atoms with van der Waals surface area (Å²) >= 11 is 1.11. The molecule has 0 unspecified atom stereocenters. The summed E-state index contributed by atoms with van der Waals surface area (Å²) < 4.78 is 30.6. The van der Waals surface area contributed by atoms with E-state index in [1.54, 1.807) is 16.4 Å². The van der Waals surface area contributed by atoms with Crippen LogP contribution in [-0.2, 0) is 32.3 Å². The van der Waals surface area contributed by atoms with Gasteiger partial charge in [-0.05, 0) is 38.2 Å². The van der Waals surface area contributed by atoms with Gasteiger partial charge in [0, 0.05) is 25.0 Å². The van der Waals surface area contributed by atoms with E-state index in [-0.39, 0.29) is 39.9 Å². The van der Waals surface area contributed by atoms with Crippen LogP contribution in [0.2, 0.25) is 0 Å². The van der Waals surface area contributed by atoms with Crippen LogP contribution in [0.1, 0.15) is 46.7 Å². The van der Waals surface area contributed by atoms with E-state index in [0.717, 1.165) is 42.8 Å². The van der Waals surface area contributed by atoms with E-state index in [4.69, 9.17) is 4.74 Å². The zero-order chi connectivity index (χ0) is 21.9. The van der Waals surface area contributed by atoms with Gasteiger partial charge < -0.3 is 9.64 Å². The molecule has 31 heavy (non-hydrogen) atoms. The second-order valence-electron chi connectivity index (χ2n) is 8.49. The fraction of sp³-hybridized carbons (Fsp3) is 0.600. The van der Waals surface area contributed by atoms with Crippen LogP contribution >= 0.6 is 11.3 Å². The van der Waals surface area contributed by atoms with Gasteiger partial charge in [-0.2, -0.15) is 0 Å². The maximum atomic E-state index is 12.8. The molecule has 2 aliphatic heterocycles. The lowest BCUT2D eigenvalue weighted by Gasteiger charge is -2.28. The molecular weight excluding hydrogens is 442 g/mol. The fourth-order valence-electron chi connectivity index (χ4n) is 4.59. The van der Waals surface area contributed by atoms with Crippen molar-refractivity contribution >= 4 is 43.3 Å². The molecule has 0 radical (unpaired) electrons. The zero-order valence-electron chi connectivity index (χ0n) is 17.1. The van der Waals surface area contributed by atoms with Gasteiger partial charge in [0.05, 0.1) is 16.9 Å². The molecule has 0 aromatic carbocycles. The highest BCUT2D eigenvalue weighted by Gasteiger charge is 2.42.